The molecule has 84 valence electrons. The van der Waals surface area contributed by atoms with Crippen LogP contribution >= 0.6 is 11.6 Å². The van der Waals surface area contributed by atoms with Crippen molar-refractivity contribution < 1.29 is 17.7 Å². The van der Waals surface area contributed by atoms with Crippen molar-refractivity contribution in [2.75, 3.05) is 0 Å². The van der Waals surface area contributed by atoms with Crippen LogP contribution in [0.2, 0.25) is 0 Å². The predicted molar refractivity (Wildman–Crippen MR) is 51.4 cm³/mol. The summed E-state index contributed by atoms with van der Waals surface area (Å²) in [5.74, 6) is -2.92. The summed E-state index contributed by atoms with van der Waals surface area (Å²) in [5.41, 5.74) is -0.0916. The van der Waals surface area contributed by atoms with Crippen molar-refractivity contribution >= 4 is 11.6 Å². The Balaban J connectivity index is 2.51. The van der Waals surface area contributed by atoms with E-state index in [0.717, 1.165) is 6.07 Å². The molecular weight excluding hydrogens is 243 g/mol. The Morgan fingerprint density at radius 1 is 1.06 bits per heavy atom. The van der Waals surface area contributed by atoms with Crippen molar-refractivity contribution in [2.45, 2.75) is 5.88 Å². The smallest absolute Gasteiger partial charge is 0.161 e. The van der Waals surface area contributed by atoms with Crippen molar-refractivity contribution in [3.05, 3.63) is 41.4 Å². The Labute approximate surface area is 93.6 Å². The summed E-state index contributed by atoms with van der Waals surface area (Å²) in [6, 6.07) is 2.54. The van der Waals surface area contributed by atoms with E-state index in [1.165, 1.54) is 6.07 Å². The molecular formula is C10H5ClF3NO. The van der Waals surface area contributed by atoms with Crippen LogP contribution in [0.3, 0.4) is 0 Å². The zero-order valence-electron chi connectivity index (χ0n) is 7.81. The molecule has 1 aromatic carbocycles. The van der Waals surface area contributed by atoms with Crippen LogP contribution < -0.4 is 0 Å². The van der Waals surface area contributed by atoms with Crippen LogP contribution in [-0.2, 0) is 5.88 Å². The van der Waals surface area contributed by atoms with Crippen LogP contribution in [-0.4, -0.2) is 5.16 Å². The first kappa shape index (κ1) is 11.0. The minimum Gasteiger partial charge on any atom is -0.359 e. The van der Waals surface area contributed by atoms with E-state index in [1.54, 1.807) is 0 Å². The highest BCUT2D eigenvalue weighted by Crippen LogP contribution is 2.25. The average molecular weight is 248 g/mol. The molecule has 0 bridgehead atoms. The molecule has 0 aliphatic heterocycles. The number of aromatic nitrogens is 1. The molecule has 0 unspecified atom stereocenters. The minimum absolute atomic E-state index is 0.0678. The lowest BCUT2D eigenvalue weighted by Gasteiger charge is -1.99. The zero-order valence-corrected chi connectivity index (χ0v) is 8.56. The molecule has 2 nitrogen and oxygen atoms in total. The summed E-state index contributed by atoms with van der Waals surface area (Å²) < 4.78 is 43.6. The molecule has 2 aromatic rings. The number of hydrogen-bond donors (Lipinski definition) is 0. The molecule has 0 atom stereocenters. The summed E-state index contributed by atoms with van der Waals surface area (Å²) in [5, 5.41) is 3.50. The summed E-state index contributed by atoms with van der Waals surface area (Å²) in [6.45, 7) is 0. The van der Waals surface area contributed by atoms with Gasteiger partial charge in [-0.25, -0.2) is 13.2 Å². The third kappa shape index (κ3) is 1.90. The maximum atomic E-state index is 13.3. The van der Waals surface area contributed by atoms with Crippen molar-refractivity contribution in [2.24, 2.45) is 0 Å². The second-order valence-corrected chi connectivity index (χ2v) is 3.33. The molecule has 0 fully saturated rings. The number of nitrogens with zero attached hydrogens (tertiary/aromatic N) is 1. The average Bonchev–Trinajstić information content (AvgIpc) is 2.71. The summed E-state index contributed by atoms with van der Waals surface area (Å²) in [6.07, 6.45) is 0. The Kier molecular flexibility index (Phi) is 2.87. The lowest BCUT2D eigenvalue weighted by atomic mass is 10.1. The highest BCUT2D eigenvalue weighted by atomic mass is 35.5. The van der Waals surface area contributed by atoms with Crippen LogP contribution in [0.1, 0.15) is 5.76 Å². The molecule has 0 aliphatic carbocycles. The number of alkyl halides is 1. The fourth-order valence-corrected chi connectivity index (χ4v) is 1.35. The van der Waals surface area contributed by atoms with Gasteiger partial charge in [-0.15, -0.1) is 11.6 Å². The van der Waals surface area contributed by atoms with Crippen molar-refractivity contribution in [1.82, 2.24) is 5.16 Å². The maximum Gasteiger partial charge on any atom is 0.161 e. The van der Waals surface area contributed by atoms with Gasteiger partial charge < -0.3 is 4.52 Å². The maximum absolute atomic E-state index is 13.3. The van der Waals surface area contributed by atoms with Gasteiger partial charge >= 0.3 is 0 Å². The Bertz CT molecular complexity index is 527. The van der Waals surface area contributed by atoms with Crippen LogP contribution in [0.25, 0.3) is 11.3 Å². The molecule has 1 aromatic heterocycles. The Morgan fingerprint density at radius 2 is 1.75 bits per heavy atom. The van der Waals surface area contributed by atoms with Gasteiger partial charge in [-0.3, -0.25) is 0 Å². The lowest BCUT2D eigenvalue weighted by Crippen LogP contribution is -1.91. The molecule has 0 aliphatic rings. The number of hydrogen-bond acceptors (Lipinski definition) is 2. The topological polar surface area (TPSA) is 26.0 Å². The van der Waals surface area contributed by atoms with Crippen LogP contribution in [0, 0.1) is 17.5 Å². The van der Waals surface area contributed by atoms with E-state index in [4.69, 9.17) is 16.1 Å². The van der Waals surface area contributed by atoms with Crippen LogP contribution in [0.5, 0.6) is 0 Å². The van der Waals surface area contributed by atoms with Crippen molar-refractivity contribution in [3.63, 3.8) is 0 Å². The van der Waals surface area contributed by atoms with E-state index in [-0.39, 0.29) is 17.1 Å². The Morgan fingerprint density at radius 3 is 2.38 bits per heavy atom. The molecule has 0 saturated carbocycles. The fraction of sp³-hybridized carbons (Fsp3) is 0.100. The third-order valence-corrected chi connectivity index (χ3v) is 2.24. The number of rotatable bonds is 2. The first-order valence-corrected chi connectivity index (χ1v) is 4.81. The van der Waals surface area contributed by atoms with Gasteiger partial charge in [-0.05, 0) is 6.07 Å². The summed E-state index contributed by atoms with van der Waals surface area (Å²) in [7, 11) is 0. The van der Waals surface area contributed by atoms with Gasteiger partial charge in [0, 0.05) is 17.7 Å². The second-order valence-electron chi connectivity index (χ2n) is 3.06. The molecule has 6 heteroatoms. The van der Waals surface area contributed by atoms with Crippen molar-refractivity contribution in [1.29, 1.82) is 0 Å². The zero-order chi connectivity index (χ0) is 11.7. The highest BCUT2D eigenvalue weighted by molar-refractivity contribution is 6.16. The molecule has 0 saturated heterocycles. The number of benzene rings is 1. The van der Waals surface area contributed by atoms with E-state index in [0.29, 0.717) is 11.8 Å². The fourth-order valence-electron chi connectivity index (χ4n) is 1.22. The summed E-state index contributed by atoms with van der Waals surface area (Å²) in [4.78, 5) is 0. The number of halogens is 4. The van der Waals surface area contributed by atoms with E-state index in [9.17, 15) is 13.2 Å². The lowest BCUT2D eigenvalue weighted by molar-refractivity contribution is 0.396. The van der Waals surface area contributed by atoms with E-state index in [1.807, 2.05) is 0 Å². The molecule has 16 heavy (non-hydrogen) atoms. The largest absolute Gasteiger partial charge is 0.359 e. The third-order valence-electron chi connectivity index (χ3n) is 1.98. The molecule has 0 N–H and O–H groups in total. The van der Waals surface area contributed by atoms with Gasteiger partial charge in [0.05, 0.1) is 5.88 Å². The summed E-state index contributed by atoms with van der Waals surface area (Å²) >= 11 is 5.46. The molecule has 0 amide bonds. The molecule has 1 heterocycles. The normalized spacial score (nSPS) is 10.8. The first-order chi connectivity index (χ1) is 7.61. The Hall–Kier alpha value is -1.49. The first-order valence-electron chi connectivity index (χ1n) is 4.28. The monoisotopic (exact) mass is 247 g/mol. The standard InChI is InChI=1S/C10H5ClF3NO/c11-4-5-1-10(15-16-5)6-2-8(13)9(14)3-7(6)12/h1-3H,4H2. The highest BCUT2D eigenvalue weighted by Gasteiger charge is 2.14. The molecule has 2 rings (SSSR count). The SMILES string of the molecule is Fc1cc(F)c(-c2cc(CCl)on2)cc1F. The van der Waals surface area contributed by atoms with E-state index in [2.05, 4.69) is 5.16 Å². The quantitative estimate of drug-likeness (QED) is 0.600. The minimum atomic E-state index is -1.25. The van der Waals surface area contributed by atoms with Crippen molar-refractivity contribution in [3.8, 4) is 11.3 Å². The van der Waals surface area contributed by atoms with Gasteiger partial charge in [0.15, 0.2) is 17.4 Å². The van der Waals surface area contributed by atoms with Gasteiger partial charge in [0.2, 0.25) is 0 Å². The predicted octanol–water partition coefficient (Wildman–Crippen LogP) is 3.50. The van der Waals surface area contributed by atoms with E-state index < -0.39 is 17.5 Å². The van der Waals surface area contributed by atoms with Gasteiger partial charge in [-0.2, -0.15) is 0 Å². The molecule has 0 radical (unpaired) electrons. The molecule has 0 spiro atoms. The van der Waals surface area contributed by atoms with Crippen LogP contribution in [0.4, 0.5) is 13.2 Å². The van der Waals surface area contributed by atoms with Gasteiger partial charge in [-0.1, -0.05) is 5.16 Å². The van der Waals surface area contributed by atoms with E-state index >= 15 is 0 Å². The second kappa shape index (κ2) is 4.17. The van der Waals surface area contributed by atoms with Gasteiger partial charge in [0.25, 0.3) is 0 Å². The van der Waals surface area contributed by atoms with Crippen LogP contribution in [0.15, 0.2) is 22.7 Å². The van der Waals surface area contributed by atoms with Gasteiger partial charge in [0.1, 0.15) is 11.5 Å².